The summed E-state index contributed by atoms with van der Waals surface area (Å²) in [5.74, 6) is 0.331. The highest BCUT2D eigenvalue weighted by atomic mass is 35.5. The third kappa shape index (κ3) is 2.92. The topological polar surface area (TPSA) is 58.2 Å². The summed E-state index contributed by atoms with van der Waals surface area (Å²) in [6.45, 7) is 9.36. The Morgan fingerprint density at radius 1 is 1.18 bits per heavy atom. The van der Waals surface area contributed by atoms with Crippen molar-refractivity contribution in [3.63, 3.8) is 0 Å². The van der Waals surface area contributed by atoms with E-state index in [2.05, 4.69) is 38.3 Å². The average molecular weight is 261 g/mol. The van der Waals surface area contributed by atoms with Crippen LogP contribution in [0.5, 0.6) is 0 Å². The molecule has 0 unspecified atom stereocenters. The van der Waals surface area contributed by atoms with Gasteiger partial charge in [0.25, 0.3) is 0 Å². The second-order valence-corrected chi connectivity index (χ2v) is 6.07. The van der Waals surface area contributed by atoms with Crippen molar-refractivity contribution in [1.82, 2.24) is 10.6 Å². The maximum absolute atomic E-state index is 11.4. The molecule has 0 spiro atoms. The Balaban J connectivity index is 2.29. The number of imide groups is 1. The summed E-state index contributed by atoms with van der Waals surface area (Å²) in [6, 6.07) is -0.432. The molecule has 98 valence electrons. The number of amides is 3. The van der Waals surface area contributed by atoms with Crippen LogP contribution in [0.1, 0.15) is 34.1 Å². The van der Waals surface area contributed by atoms with Crippen molar-refractivity contribution in [2.75, 3.05) is 12.4 Å². The van der Waals surface area contributed by atoms with Gasteiger partial charge in [0.2, 0.25) is 5.91 Å². The molecule has 0 aromatic heterocycles. The normalized spacial score (nSPS) is 20.8. The maximum Gasteiger partial charge on any atom is 0.321 e. The minimum Gasteiger partial charge on any atom is -0.337 e. The Hall–Kier alpha value is -0.770. The molecule has 3 amide bonds. The van der Waals surface area contributed by atoms with Crippen LogP contribution in [0, 0.1) is 16.7 Å². The van der Waals surface area contributed by atoms with E-state index in [0.29, 0.717) is 12.5 Å². The summed E-state index contributed by atoms with van der Waals surface area (Å²) in [7, 11) is 0. The summed E-state index contributed by atoms with van der Waals surface area (Å²) in [5, 5.41) is 4.98. The average Bonchev–Trinajstić information content (AvgIpc) is 2.55. The lowest BCUT2D eigenvalue weighted by Crippen LogP contribution is -2.40. The molecule has 0 bridgehead atoms. The lowest BCUT2D eigenvalue weighted by atomic mass is 10.0. The molecule has 0 saturated heterocycles. The van der Waals surface area contributed by atoms with E-state index in [-0.39, 0.29) is 29.0 Å². The summed E-state index contributed by atoms with van der Waals surface area (Å²) in [6.07, 6.45) is 0.162. The Labute approximate surface area is 107 Å². The van der Waals surface area contributed by atoms with Crippen molar-refractivity contribution in [3.8, 4) is 0 Å². The molecule has 5 heteroatoms. The van der Waals surface area contributed by atoms with Gasteiger partial charge in [-0.05, 0) is 16.7 Å². The van der Waals surface area contributed by atoms with Crippen molar-refractivity contribution in [1.29, 1.82) is 0 Å². The first kappa shape index (κ1) is 14.3. The van der Waals surface area contributed by atoms with Gasteiger partial charge in [-0.1, -0.05) is 27.7 Å². The number of hydrogen-bond donors (Lipinski definition) is 2. The summed E-state index contributed by atoms with van der Waals surface area (Å²) in [5.41, 5.74) is 0.473. The monoisotopic (exact) mass is 260 g/mol. The molecule has 2 N–H and O–H groups in total. The molecule has 0 aliphatic heterocycles. The maximum atomic E-state index is 11.4. The van der Waals surface area contributed by atoms with E-state index in [0.717, 1.165) is 0 Å². The van der Waals surface area contributed by atoms with E-state index in [1.54, 1.807) is 0 Å². The van der Waals surface area contributed by atoms with Gasteiger partial charge < -0.3 is 5.32 Å². The third-order valence-electron chi connectivity index (χ3n) is 4.36. The van der Waals surface area contributed by atoms with Crippen molar-refractivity contribution in [3.05, 3.63) is 0 Å². The first-order valence-electron chi connectivity index (χ1n) is 5.87. The van der Waals surface area contributed by atoms with Crippen LogP contribution >= 0.6 is 11.6 Å². The van der Waals surface area contributed by atoms with Crippen LogP contribution in [0.4, 0.5) is 4.79 Å². The molecule has 17 heavy (non-hydrogen) atoms. The predicted molar refractivity (Wildman–Crippen MR) is 67.9 cm³/mol. The van der Waals surface area contributed by atoms with Crippen LogP contribution < -0.4 is 10.6 Å². The highest BCUT2D eigenvalue weighted by molar-refractivity contribution is 6.19. The molecule has 1 aliphatic rings. The number of carbonyl (C=O) groups excluding carboxylic acids is 2. The van der Waals surface area contributed by atoms with Crippen LogP contribution in [0.25, 0.3) is 0 Å². The second-order valence-electron chi connectivity index (χ2n) is 5.69. The molecule has 0 aromatic carbocycles. The first-order valence-corrected chi connectivity index (χ1v) is 6.40. The third-order valence-corrected chi connectivity index (χ3v) is 4.55. The molecular formula is C12H21ClN2O2. The Morgan fingerprint density at radius 2 is 1.71 bits per heavy atom. The van der Waals surface area contributed by atoms with Gasteiger partial charge in [-0.2, -0.15) is 0 Å². The molecule has 4 nitrogen and oxygen atoms in total. The Bertz CT molecular complexity index is 312. The molecule has 0 aromatic rings. The van der Waals surface area contributed by atoms with Crippen LogP contribution in [-0.2, 0) is 4.79 Å². The molecule has 1 saturated carbocycles. The minimum atomic E-state index is -0.432. The minimum absolute atomic E-state index is 0.162. The zero-order valence-corrected chi connectivity index (χ0v) is 11.6. The van der Waals surface area contributed by atoms with Crippen molar-refractivity contribution in [2.45, 2.75) is 34.1 Å². The zero-order valence-electron chi connectivity index (χ0n) is 10.9. The molecule has 1 fully saturated rings. The number of urea groups is 1. The van der Waals surface area contributed by atoms with E-state index in [4.69, 9.17) is 11.6 Å². The van der Waals surface area contributed by atoms with Gasteiger partial charge in [0.1, 0.15) is 0 Å². The molecule has 0 heterocycles. The molecular weight excluding hydrogens is 240 g/mol. The van der Waals surface area contributed by atoms with Gasteiger partial charge in [0.05, 0.1) is 0 Å². The Morgan fingerprint density at radius 3 is 2.12 bits per heavy atom. The fourth-order valence-electron chi connectivity index (χ4n) is 2.36. The number of halogens is 1. The zero-order chi connectivity index (χ0) is 13.3. The van der Waals surface area contributed by atoms with Crippen LogP contribution in [0.3, 0.4) is 0 Å². The highest BCUT2D eigenvalue weighted by Gasteiger charge is 2.64. The van der Waals surface area contributed by atoms with Gasteiger partial charge in [0.15, 0.2) is 0 Å². The van der Waals surface area contributed by atoms with Gasteiger partial charge in [-0.3, -0.25) is 10.1 Å². The summed E-state index contributed by atoms with van der Waals surface area (Å²) in [4.78, 5) is 22.5. The number of rotatable bonds is 4. The molecule has 0 atom stereocenters. The fourth-order valence-corrected chi connectivity index (χ4v) is 2.53. The number of carbonyl (C=O) groups is 2. The molecule has 1 rings (SSSR count). The standard InChI is InChI=1S/C12H21ClN2O2/c1-11(2)8(12(11,3)4)7-14-10(17)15-9(16)5-6-13/h8H,5-7H2,1-4H3,(H2,14,15,16,17). The van der Waals surface area contributed by atoms with Gasteiger partial charge >= 0.3 is 6.03 Å². The van der Waals surface area contributed by atoms with E-state index in [9.17, 15) is 9.59 Å². The number of alkyl halides is 1. The quantitative estimate of drug-likeness (QED) is 0.761. The largest absolute Gasteiger partial charge is 0.337 e. The smallest absolute Gasteiger partial charge is 0.321 e. The van der Waals surface area contributed by atoms with Crippen molar-refractivity contribution in [2.24, 2.45) is 16.7 Å². The Kier molecular flexibility index (Phi) is 4.07. The van der Waals surface area contributed by atoms with Crippen molar-refractivity contribution < 1.29 is 9.59 Å². The van der Waals surface area contributed by atoms with Gasteiger partial charge in [0, 0.05) is 18.8 Å². The number of nitrogens with one attached hydrogen (secondary N) is 2. The van der Waals surface area contributed by atoms with E-state index >= 15 is 0 Å². The second kappa shape index (κ2) is 4.84. The van der Waals surface area contributed by atoms with Crippen molar-refractivity contribution >= 4 is 23.5 Å². The molecule has 0 radical (unpaired) electrons. The van der Waals surface area contributed by atoms with Gasteiger partial charge in [-0.25, -0.2) is 4.79 Å². The number of hydrogen-bond acceptors (Lipinski definition) is 2. The SMILES string of the molecule is CC1(C)C(CNC(=O)NC(=O)CCCl)C1(C)C. The predicted octanol–water partition coefficient (Wildman–Crippen LogP) is 2.12. The van der Waals surface area contributed by atoms with E-state index in [1.165, 1.54) is 0 Å². The fraction of sp³-hybridized carbons (Fsp3) is 0.833. The van der Waals surface area contributed by atoms with E-state index in [1.807, 2.05) is 0 Å². The van der Waals surface area contributed by atoms with E-state index < -0.39 is 6.03 Å². The summed E-state index contributed by atoms with van der Waals surface area (Å²) >= 11 is 5.40. The lowest BCUT2D eigenvalue weighted by molar-refractivity contribution is -0.119. The first-order chi connectivity index (χ1) is 7.73. The van der Waals surface area contributed by atoms with Crippen LogP contribution in [-0.4, -0.2) is 24.4 Å². The van der Waals surface area contributed by atoms with Crippen LogP contribution in [0.2, 0.25) is 0 Å². The van der Waals surface area contributed by atoms with Gasteiger partial charge in [-0.15, -0.1) is 11.6 Å². The summed E-state index contributed by atoms with van der Waals surface area (Å²) < 4.78 is 0. The molecule has 1 aliphatic carbocycles. The highest BCUT2D eigenvalue weighted by Crippen LogP contribution is 2.67. The van der Waals surface area contributed by atoms with Crippen LogP contribution in [0.15, 0.2) is 0 Å². The lowest BCUT2D eigenvalue weighted by Gasteiger charge is -2.07.